The molecule has 0 spiro atoms. The molecule has 5 rings (SSSR count). The van der Waals surface area contributed by atoms with Crippen LogP contribution in [0.2, 0.25) is 0 Å². The van der Waals surface area contributed by atoms with Crippen molar-refractivity contribution in [1.82, 2.24) is 9.97 Å². The van der Waals surface area contributed by atoms with Gasteiger partial charge in [-0.15, -0.1) is 0 Å². The first kappa shape index (κ1) is 25.1. The lowest BCUT2D eigenvalue weighted by Crippen LogP contribution is -2.33. The smallest absolute Gasteiger partial charge is 0.417 e. The van der Waals surface area contributed by atoms with Crippen LogP contribution < -0.4 is 15.1 Å². The molecule has 3 heterocycles. The molecule has 0 atom stereocenters. The van der Waals surface area contributed by atoms with Crippen LogP contribution in [0.15, 0.2) is 53.1 Å². The second-order valence-corrected chi connectivity index (χ2v) is 9.75. The molecule has 37 heavy (non-hydrogen) atoms. The number of carbonyl (C=O) groups is 1. The van der Waals surface area contributed by atoms with Crippen LogP contribution in [0.3, 0.4) is 0 Å². The molecule has 2 aliphatic rings. The molecule has 7 nitrogen and oxygen atoms in total. The Morgan fingerprint density at radius 3 is 2.38 bits per heavy atom. The number of amides is 1. The van der Waals surface area contributed by atoms with E-state index in [2.05, 4.69) is 44.5 Å². The number of pyridine rings is 1. The van der Waals surface area contributed by atoms with E-state index in [1.807, 2.05) is 6.07 Å². The molecule has 2 fully saturated rings. The molecule has 3 aromatic rings. The standard InChI is InChI=1S/C27H30F3N5O2/c1-34(21-9-5-6-10-21)26-33-24(27(28,29)30)23(37-26)25(36)32-20-11-12-22(31-17-20)35-15-13-19(14-16-35)18-7-3-2-4-8-18/h2-4,7-8,11-12,17,19,21H,5-6,9-10,13-16H2,1H3,(H,32,36). The number of alkyl halides is 3. The van der Waals surface area contributed by atoms with Crippen molar-refractivity contribution in [2.24, 2.45) is 0 Å². The molecular formula is C27H30F3N5O2. The molecular weight excluding hydrogens is 483 g/mol. The van der Waals surface area contributed by atoms with Crippen LogP contribution in [-0.4, -0.2) is 42.1 Å². The second-order valence-electron chi connectivity index (χ2n) is 9.75. The third-order valence-corrected chi connectivity index (χ3v) is 7.36. The van der Waals surface area contributed by atoms with Gasteiger partial charge < -0.3 is 19.5 Å². The maximum atomic E-state index is 13.7. The summed E-state index contributed by atoms with van der Waals surface area (Å²) < 4.78 is 46.3. The number of carbonyl (C=O) groups excluding carboxylic acids is 1. The summed E-state index contributed by atoms with van der Waals surface area (Å²) in [6.07, 6.45) is 2.35. The van der Waals surface area contributed by atoms with Crippen LogP contribution in [0.4, 0.5) is 30.7 Å². The summed E-state index contributed by atoms with van der Waals surface area (Å²) in [6, 6.07) is 13.7. The van der Waals surface area contributed by atoms with Gasteiger partial charge in [-0.25, -0.2) is 4.98 Å². The molecule has 2 aromatic heterocycles. The van der Waals surface area contributed by atoms with E-state index in [0.717, 1.165) is 57.4 Å². The zero-order valence-corrected chi connectivity index (χ0v) is 20.7. The maximum absolute atomic E-state index is 13.7. The fourth-order valence-electron chi connectivity index (χ4n) is 5.26. The van der Waals surface area contributed by atoms with E-state index in [9.17, 15) is 18.0 Å². The van der Waals surface area contributed by atoms with E-state index in [-0.39, 0.29) is 17.7 Å². The highest BCUT2D eigenvalue weighted by atomic mass is 19.4. The van der Waals surface area contributed by atoms with Crippen LogP contribution in [-0.2, 0) is 6.18 Å². The molecule has 0 bridgehead atoms. The van der Waals surface area contributed by atoms with Crippen molar-refractivity contribution in [2.45, 2.75) is 56.7 Å². The first-order chi connectivity index (χ1) is 17.8. The summed E-state index contributed by atoms with van der Waals surface area (Å²) >= 11 is 0. The zero-order valence-electron chi connectivity index (χ0n) is 20.7. The zero-order chi connectivity index (χ0) is 26.0. The van der Waals surface area contributed by atoms with Crippen molar-refractivity contribution in [3.8, 4) is 0 Å². The molecule has 1 aromatic carbocycles. The molecule has 1 aliphatic carbocycles. The number of nitrogens with one attached hydrogen (secondary N) is 1. The minimum atomic E-state index is -4.82. The van der Waals surface area contributed by atoms with Gasteiger partial charge in [0.2, 0.25) is 5.76 Å². The normalized spacial score (nSPS) is 17.2. The SMILES string of the molecule is CN(c1nc(C(F)(F)F)c(C(=O)Nc2ccc(N3CCC(c4ccccc4)CC3)nc2)o1)C1CCCC1. The lowest BCUT2D eigenvalue weighted by atomic mass is 9.89. The summed E-state index contributed by atoms with van der Waals surface area (Å²) in [5.74, 6) is -0.581. The van der Waals surface area contributed by atoms with Crippen LogP contribution in [0.5, 0.6) is 0 Å². The summed E-state index contributed by atoms with van der Waals surface area (Å²) in [4.78, 5) is 24.6. The molecule has 1 saturated carbocycles. The van der Waals surface area contributed by atoms with Crippen molar-refractivity contribution >= 4 is 23.4 Å². The summed E-state index contributed by atoms with van der Waals surface area (Å²) in [6.45, 7) is 1.70. The average Bonchev–Trinajstić information content (AvgIpc) is 3.60. The minimum Gasteiger partial charge on any atom is -0.417 e. The Kier molecular flexibility index (Phi) is 7.08. The van der Waals surface area contributed by atoms with Gasteiger partial charge in [-0.2, -0.15) is 18.2 Å². The van der Waals surface area contributed by atoms with Crippen LogP contribution in [0.25, 0.3) is 0 Å². The lowest BCUT2D eigenvalue weighted by Gasteiger charge is -2.33. The van der Waals surface area contributed by atoms with Gasteiger partial charge in [-0.05, 0) is 49.3 Å². The number of rotatable bonds is 6. The van der Waals surface area contributed by atoms with Crippen LogP contribution in [0, 0.1) is 0 Å². The third kappa shape index (κ3) is 5.57. The second kappa shape index (κ2) is 10.4. The van der Waals surface area contributed by atoms with Gasteiger partial charge in [-0.3, -0.25) is 4.79 Å². The summed E-state index contributed by atoms with van der Waals surface area (Å²) in [5.41, 5.74) is 0.301. The van der Waals surface area contributed by atoms with Crippen molar-refractivity contribution in [3.63, 3.8) is 0 Å². The van der Waals surface area contributed by atoms with Gasteiger partial charge in [0.25, 0.3) is 11.9 Å². The largest absolute Gasteiger partial charge is 0.437 e. The first-order valence-electron chi connectivity index (χ1n) is 12.7. The number of oxazole rings is 1. The topological polar surface area (TPSA) is 74.5 Å². The van der Waals surface area contributed by atoms with Gasteiger partial charge >= 0.3 is 6.18 Å². The molecule has 1 N–H and O–H groups in total. The Morgan fingerprint density at radius 2 is 1.76 bits per heavy atom. The predicted octanol–water partition coefficient (Wildman–Crippen LogP) is 6.10. The Hall–Kier alpha value is -3.56. The molecule has 196 valence electrons. The Balaban J connectivity index is 1.24. The van der Waals surface area contributed by atoms with Crippen molar-refractivity contribution in [2.75, 3.05) is 35.3 Å². The van der Waals surface area contributed by atoms with E-state index < -0.39 is 23.5 Å². The van der Waals surface area contributed by atoms with Crippen molar-refractivity contribution < 1.29 is 22.4 Å². The third-order valence-electron chi connectivity index (χ3n) is 7.36. The average molecular weight is 514 g/mol. The molecule has 0 unspecified atom stereocenters. The number of anilines is 3. The first-order valence-corrected chi connectivity index (χ1v) is 12.7. The fraction of sp³-hybridized carbons (Fsp3) is 0.444. The minimum absolute atomic E-state index is 0.0464. The maximum Gasteiger partial charge on any atom is 0.437 e. The molecule has 10 heteroatoms. The van der Waals surface area contributed by atoms with Crippen molar-refractivity contribution in [3.05, 3.63) is 65.7 Å². The number of nitrogens with zero attached hydrogens (tertiary/aromatic N) is 4. The van der Waals surface area contributed by atoms with E-state index in [1.165, 1.54) is 11.8 Å². The van der Waals surface area contributed by atoms with E-state index in [1.54, 1.807) is 24.1 Å². The Bertz CT molecular complexity index is 1200. The molecule has 0 radical (unpaired) electrons. The van der Waals surface area contributed by atoms with Gasteiger partial charge in [0, 0.05) is 26.2 Å². The van der Waals surface area contributed by atoms with Gasteiger partial charge in [0.05, 0.1) is 11.9 Å². The van der Waals surface area contributed by atoms with Crippen molar-refractivity contribution in [1.29, 1.82) is 0 Å². The lowest BCUT2D eigenvalue weighted by molar-refractivity contribution is -0.141. The van der Waals surface area contributed by atoms with Crippen LogP contribution in [0.1, 0.15) is 66.3 Å². The summed E-state index contributed by atoms with van der Waals surface area (Å²) in [5, 5.41) is 2.48. The molecule has 1 amide bonds. The number of piperidine rings is 1. The van der Waals surface area contributed by atoms with Gasteiger partial charge in [0.15, 0.2) is 5.69 Å². The number of hydrogen-bond acceptors (Lipinski definition) is 6. The van der Waals surface area contributed by atoms with E-state index >= 15 is 0 Å². The van der Waals surface area contributed by atoms with Gasteiger partial charge in [-0.1, -0.05) is 43.2 Å². The molecule has 1 saturated heterocycles. The van der Waals surface area contributed by atoms with Crippen LogP contribution >= 0.6 is 0 Å². The quantitative estimate of drug-likeness (QED) is 0.429. The fourth-order valence-corrected chi connectivity index (χ4v) is 5.26. The highest BCUT2D eigenvalue weighted by Gasteiger charge is 2.42. The number of benzene rings is 1. The Morgan fingerprint density at radius 1 is 1.05 bits per heavy atom. The van der Waals surface area contributed by atoms with Gasteiger partial charge in [0.1, 0.15) is 5.82 Å². The van der Waals surface area contributed by atoms with E-state index in [4.69, 9.17) is 4.42 Å². The number of aromatic nitrogens is 2. The predicted molar refractivity (Wildman–Crippen MR) is 135 cm³/mol. The summed E-state index contributed by atoms with van der Waals surface area (Å²) in [7, 11) is 1.65. The Labute approximate surface area is 213 Å². The highest BCUT2D eigenvalue weighted by Crippen LogP contribution is 2.36. The monoisotopic (exact) mass is 513 g/mol. The number of hydrogen-bond donors (Lipinski definition) is 1. The van der Waals surface area contributed by atoms with E-state index in [0.29, 0.717) is 5.92 Å². The highest BCUT2D eigenvalue weighted by molar-refractivity contribution is 6.03. The number of halogens is 3. The molecule has 1 aliphatic heterocycles.